The average Bonchev–Trinajstić information content (AvgIpc) is 2.43. The van der Waals surface area contributed by atoms with Gasteiger partial charge in [-0.2, -0.15) is 0 Å². The molecule has 110 valence electrons. The van der Waals surface area contributed by atoms with E-state index in [2.05, 4.69) is 15.9 Å². The first-order chi connectivity index (χ1) is 9.99. The van der Waals surface area contributed by atoms with Gasteiger partial charge in [-0.25, -0.2) is 4.39 Å². The molecule has 0 heterocycles. The molecule has 0 aliphatic carbocycles. The number of rotatable bonds is 5. The Morgan fingerprint density at radius 3 is 2.62 bits per heavy atom. The second-order valence-corrected chi connectivity index (χ2v) is 5.44. The van der Waals surface area contributed by atoms with Crippen LogP contribution in [-0.2, 0) is 12.5 Å². The summed E-state index contributed by atoms with van der Waals surface area (Å²) in [6.45, 7) is 0.0168. The van der Waals surface area contributed by atoms with Crippen molar-refractivity contribution in [3.8, 4) is 5.75 Å². The number of nitro groups is 1. The zero-order valence-electron chi connectivity index (χ0n) is 10.7. The number of benzene rings is 2. The van der Waals surface area contributed by atoms with Gasteiger partial charge in [0, 0.05) is 16.4 Å². The van der Waals surface area contributed by atoms with Crippen molar-refractivity contribution >= 4 is 33.2 Å². The average molecular weight is 375 g/mol. The molecule has 7 heteroatoms. The van der Waals surface area contributed by atoms with Crippen molar-refractivity contribution in [2.45, 2.75) is 12.5 Å². The molecule has 2 aromatic carbocycles. The lowest BCUT2D eigenvalue weighted by Gasteiger charge is -2.08. The van der Waals surface area contributed by atoms with Crippen LogP contribution in [0.4, 0.5) is 10.1 Å². The van der Waals surface area contributed by atoms with E-state index < -0.39 is 10.7 Å². The zero-order valence-corrected chi connectivity index (χ0v) is 13.0. The maximum atomic E-state index is 13.3. The molecule has 0 aromatic heterocycles. The van der Waals surface area contributed by atoms with Gasteiger partial charge in [0.05, 0.1) is 4.92 Å². The first-order valence-electron chi connectivity index (χ1n) is 5.90. The second kappa shape index (κ2) is 6.87. The van der Waals surface area contributed by atoms with Crippen LogP contribution in [0.2, 0.25) is 0 Å². The number of halogens is 3. The smallest absolute Gasteiger partial charge is 0.310 e. The summed E-state index contributed by atoms with van der Waals surface area (Å²) in [6.07, 6.45) is 0. The van der Waals surface area contributed by atoms with Gasteiger partial charge in [0.2, 0.25) is 0 Å². The number of nitrogens with zero attached hydrogens (tertiary/aromatic N) is 1. The fourth-order valence-corrected chi connectivity index (χ4v) is 2.44. The lowest BCUT2D eigenvalue weighted by molar-refractivity contribution is -0.386. The van der Waals surface area contributed by atoms with E-state index in [1.54, 1.807) is 12.1 Å². The highest BCUT2D eigenvalue weighted by molar-refractivity contribution is 9.10. The van der Waals surface area contributed by atoms with Crippen LogP contribution in [-0.4, -0.2) is 4.92 Å². The molecule has 21 heavy (non-hydrogen) atoms. The molecule has 0 saturated heterocycles. The van der Waals surface area contributed by atoms with E-state index in [9.17, 15) is 14.5 Å². The maximum absolute atomic E-state index is 13.3. The molecule has 4 nitrogen and oxygen atoms in total. The molecule has 0 aliphatic heterocycles. The summed E-state index contributed by atoms with van der Waals surface area (Å²) < 4.78 is 19.3. The molecular weight excluding hydrogens is 365 g/mol. The van der Waals surface area contributed by atoms with Crippen LogP contribution in [0.5, 0.6) is 5.75 Å². The number of alkyl halides is 1. The lowest BCUT2D eigenvalue weighted by atomic mass is 10.2. The minimum atomic E-state index is -0.533. The van der Waals surface area contributed by atoms with Crippen LogP contribution in [0.3, 0.4) is 0 Å². The Morgan fingerprint density at radius 2 is 2.00 bits per heavy atom. The van der Waals surface area contributed by atoms with Gasteiger partial charge in [-0.1, -0.05) is 22.0 Å². The molecule has 0 N–H and O–H groups in total. The highest BCUT2D eigenvalue weighted by atomic mass is 79.9. The van der Waals surface area contributed by atoms with Crippen molar-refractivity contribution in [2.75, 3.05) is 0 Å². The summed E-state index contributed by atoms with van der Waals surface area (Å²) in [7, 11) is 0. The Kier molecular flexibility index (Phi) is 5.14. The van der Waals surface area contributed by atoms with Gasteiger partial charge in [-0.15, -0.1) is 11.6 Å². The van der Waals surface area contributed by atoms with E-state index in [1.807, 2.05) is 0 Å². The Labute approximate surface area is 133 Å². The van der Waals surface area contributed by atoms with Gasteiger partial charge in [0.15, 0.2) is 5.75 Å². The Balaban J connectivity index is 2.23. The van der Waals surface area contributed by atoms with Crippen LogP contribution in [0.15, 0.2) is 40.9 Å². The molecule has 0 aliphatic rings. The van der Waals surface area contributed by atoms with Crippen molar-refractivity contribution in [1.29, 1.82) is 0 Å². The normalized spacial score (nSPS) is 10.4. The van der Waals surface area contributed by atoms with Crippen molar-refractivity contribution in [2.24, 2.45) is 0 Å². The van der Waals surface area contributed by atoms with Crippen molar-refractivity contribution in [3.63, 3.8) is 0 Å². The molecule has 0 amide bonds. The first kappa shape index (κ1) is 15.7. The second-order valence-electron chi connectivity index (χ2n) is 4.26. The summed E-state index contributed by atoms with van der Waals surface area (Å²) in [6, 6.07) is 8.73. The van der Waals surface area contributed by atoms with E-state index >= 15 is 0 Å². The van der Waals surface area contributed by atoms with Gasteiger partial charge in [-0.05, 0) is 35.4 Å². The molecule has 0 atom stereocenters. The SMILES string of the molecule is O=[N+]([O-])c1ccc(CCl)cc1OCc1cc(F)cc(Br)c1. The number of nitro benzene ring substituents is 1. The molecule has 0 fully saturated rings. The van der Waals surface area contributed by atoms with Crippen molar-refractivity contribution < 1.29 is 14.1 Å². The van der Waals surface area contributed by atoms with Crippen LogP contribution in [0, 0.1) is 15.9 Å². The third kappa shape index (κ3) is 4.15. The molecule has 0 radical (unpaired) electrons. The quantitative estimate of drug-likeness (QED) is 0.428. The first-order valence-corrected chi connectivity index (χ1v) is 7.23. The minimum absolute atomic E-state index is 0.0168. The third-order valence-electron chi connectivity index (χ3n) is 2.69. The van der Waals surface area contributed by atoms with E-state index in [0.29, 0.717) is 15.6 Å². The van der Waals surface area contributed by atoms with Crippen molar-refractivity contribution in [1.82, 2.24) is 0 Å². The van der Waals surface area contributed by atoms with Gasteiger partial charge in [0.25, 0.3) is 0 Å². The summed E-state index contributed by atoms with van der Waals surface area (Å²) in [4.78, 5) is 10.4. The summed E-state index contributed by atoms with van der Waals surface area (Å²) in [5.41, 5.74) is 1.12. The van der Waals surface area contributed by atoms with Crippen LogP contribution >= 0.6 is 27.5 Å². The molecule has 0 unspecified atom stereocenters. The Bertz CT molecular complexity index is 661. The van der Waals surface area contributed by atoms with Crippen molar-refractivity contribution in [3.05, 3.63) is 67.9 Å². The minimum Gasteiger partial charge on any atom is -0.482 e. The van der Waals surface area contributed by atoms with Gasteiger partial charge in [0.1, 0.15) is 12.4 Å². The van der Waals surface area contributed by atoms with Crippen LogP contribution in [0.1, 0.15) is 11.1 Å². The lowest BCUT2D eigenvalue weighted by Crippen LogP contribution is -2.00. The predicted molar refractivity (Wildman–Crippen MR) is 81.1 cm³/mol. The van der Waals surface area contributed by atoms with E-state index in [1.165, 1.54) is 24.3 Å². The summed E-state index contributed by atoms with van der Waals surface area (Å²) in [5.74, 6) is -0.0784. The predicted octanol–water partition coefficient (Wildman–Crippen LogP) is 4.81. The molecule has 2 aromatic rings. The molecule has 0 bridgehead atoms. The monoisotopic (exact) mass is 373 g/mol. The highest BCUT2D eigenvalue weighted by Crippen LogP contribution is 2.29. The van der Waals surface area contributed by atoms with Crippen LogP contribution < -0.4 is 4.74 Å². The highest BCUT2D eigenvalue weighted by Gasteiger charge is 2.15. The zero-order chi connectivity index (χ0) is 15.4. The number of hydrogen-bond donors (Lipinski definition) is 0. The third-order valence-corrected chi connectivity index (χ3v) is 3.46. The fourth-order valence-electron chi connectivity index (χ4n) is 1.76. The van der Waals surface area contributed by atoms with E-state index in [4.69, 9.17) is 16.3 Å². The summed E-state index contributed by atoms with van der Waals surface area (Å²) in [5, 5.41) is 11.0. The standard InChI is InChI=1S/C14H10BrClFNO3/c15-11-3-10(4-12(17)6-11)8-21-14-5-9(7-16)1-2-13(14)18(19)20/h1-6H,7-8H2. The summed E-state index contributed by atoms with van der Waals surface area (Å²) >= 11 is 8.89. The molecule has 0 saturated carbocycles. The largest absolute Gasteiger partial charge is 0.482 e. The number of ether oxygens (including phenoxy) is 1. The number of hydrogen-bond acceptors (Lipinski definition) is 3. The van der Waals surface area contributed by atoms with Gasteiger partial charge < -0.3 is 4.74 Å². The van der Waals surface area contributed by atoms with Crippen LogP contribution in [0.25, 0.3) is 0 Å². The Hall–Kier alpha value is -1.66. The van der Waals surface area contributed by atoms with E-state index in [0.717, 1.165) is 0 Å². The van der Waals surface area contributed by atoms with Gasteiger partial charge >= 0.3 is 5.69 Å². The van der Waals surface area contributed by atoms with Gasteiger partial charge in [-0.3, -0.25) is 10.1 Å². The fraction of sp³-hybridized carbons (Fsp3) is 0.143. The topological polar surface area (TPSA) is 52.4 Å². The molecule has 0 spiro atoms. The Morgan fingerprint density at radius 1 is 1.24 bits per heavy atom. The van der Waals surface area contributed by atoms with E-state index in [-0.39, 0.29) is 23.9 Å². The molecule has 2 rings (SSSR count). The molecular formula is C14H10BrClFNO3. The maximum Gasteiger partial charge on any atom is 0.310 e.